The number of aromatic nitrogens is 2. The number of nitrogens with one attached hydrogen (secondary N) is 1. The molecule has 0 fully saturated rings. The molecular weight excluding hydrogens is 547 g/mol. The van der Waals surface area contributed by atoms with Crippen LogP contribution >= 0.6 is 27.3 Å². The summed E-state index contributed by atoms with van der Waals surface area (Å²) < 4.78 is 18.2. The third-order valence-electron chi connectivity index (χ3n) is 5.55. The lowest BCUT2D eigenvalue weighted by Crippen LogP contribution is -2.22. The first-order valence-corrected chi connectivity index (χ1v) is 12.3. The van der Waals surface area contributed by atoms with Crippen LogP contribution in [-0.4, -0.2) is 27.3 Å². The summed E-state index contributed by atoms with van der Waals surface area (Å²) in [6.45, 7) is 3.47. The van der Waals surface area contributed by atoms with Crippen LogP contribution < -0.4 is 16.8 Å². The maximum atomic E-state index is 14.8. The zero-order valence-corrected chi connectivity index (χ0v) is 22.0. The molecule has 2 aromatic heterocycles. The molecule has 5 N–H and O–H groups in total. The summed E-state index contributed by atoms with van der Waals surface area (Å²) >= 11 is 4.72. The molecule has 0 saturated carbocycles. The maximum absolute atomic E-state index is 14.8. The topological polar surface area (TPSA) is 128 Å². The smallest absolute Gasteiger partial charge is 0.267 e. The van der Waals surface area contributed by atoms with Gasteiger partial charge in [0.2, 0.25) is 0 Å². The minimum absolute atomic E-state index is 0.00889. The highest BCUT2D eigenvalue weighted by atomic mass is 79.9. The molecule has 2 amide bonds. The third kappa shape index (κ3) is 5.21. The number of nitrogens with two attached hydrogens (primary N) is 2. The summed E-state index contributed by atoms with van der Waals surface area (Å²) in [6, 6.07) is 11.8. The zero-order chi connectivity index (χ0) is 26.1. The Hall–Kier alpha value is -3.83. The molecule has 0 atom stereocenters. The number of anilines is 1. The monoisotopic (exact) mass is 568 g/mol. The quantitative estimate of drug-likeness (QED) is 0.284. The number of aryl methyl sites for hydroxylation is 2. The van der Waals surface area contributed by atoms with Crippen LogP contribution in [0.15, 0.2) is 58.0 Å². The Kier molecular flexibility index (Phi) is 7.04. The predicted molar refractivity (Wildman–Crippen MR) is 145 cm³/mol. The van der Waals surface area contributed by atoms with Crippen molar-refractivity contribution in [3.8, 4) is 0 Å². The van der Waals surface area contributed by atoms with Gasteiger partial charge in [0.1, 0.15) is 11.5 Å². The van der Waals surface area contributed by atoms with Crippen molar-refractivity contribution in [1.29, 1.82) is 0 Å². The summed E-state index contributed by atoms with van der Waals surface area (Å²) in [7, 11) is 1.75. The number of primary amides is 1. The van der Waals surface area contributed by atoms with Gasteiger partial charge >= 0.3 is 0 Å². The summed E-state index contributed by atoms with van der Waals surface area (Å²) in [5, 5.41) is 7.76. The van der Waals surface area contributed by atoms with Gasteiger partial charge in [0.25, 0.3) is 11.8 Å². The molecule has 0 bridgehead atoms. The second-order valence-electron chi connectivity index (χ2n) is 8.07. The lowest BCUT2D eigenvalue weighted by Gasteiger charge is -2.14. The molecule has 11 heteroatoms. The van der Waals surface area contributed by atoms with Crippen molar-refractivity contribution in [2.24, 2.45) is 23.5 Å². The average Bonchev–Trinajstić information content (AvgIpc) is 3.37. The number of rotatable bonds is 6. The van der Waals surface area contributed by atoms with Gasteiger partial charge in [-0.05, 0) is 61.2 Å². The van der Waals surface area contributed by atoms with Crippen LogP contribution in [0.3, 0.4) is 0 Å². The van der Waals surface area contributed by atoms with E-state index in [0.29, 0.717) is 21.8 Å². The van der Waals surface area contributed by atoms with Crippen LogP contribution in [0.4, 0.5) is 15.9 Å². The fourth-order valence-corrected chi connectivity index (χ4v) is 5.05. The number of carbonyl (C=O) groups is 2. The summed E-state index contributed by atoms with van der Waals surface area (Å²) in [6.07, 6.45) is 1.31. The van der Waals surface area contributed by atoms with E-state index in [4.69, 9.17) is 11.5 Å². The van der Waals surface area contributed by atoms with Gasteiger partial charge < -0.3 is 16.8 Å². The van der Waals surface area contributed by atoms with Gasteiger partial charge in [0.15, 0.2) is 5.82 Å². The number of hydrogen-bond donors (Lipinski definition) is 3. The minimum Gasteiger partial charge on any atom is -0.398 e. The standard InChI is InChI=1S/C25H22BrFN6O2S/c1-12-8-22(32-33(12)3)30-19(24(29)34)11-18(28)16-6-7-17(27)23(13(16)2)31-25(35)21-9-14-4-5-15(26)10-20(14)36-21/h4-11H,28H2,1-3H3,(H2,29,34)(H,31,35). The number of hydrogen-bond acceptors (Lipinski definition) is 6. The normalized spacial score (nSPS) is 12.2. The number of fused-ring (bicyclic) bond motifs is 1. The second-order valence-corrected chi connectivity index (χ2v) is 10.1. The third-order valence-corrected chi connectivity index (χ3v) is 7.14. The average molecular weight is 569 g/mol. The molecule has 0 radical (unpaired) electrons. The van der Waals surface area contributed by atoms with Crippen molar-refractivity contribution in [3.05, 3.63) is 80.5 Å². The Morgan fingerprint density at radius 2 is 1.92 bits per heavy atom. The van der Waals surface area contributed by atoms with Gasteiger partial charge in [-0.25, -0.2) is 9.38 Å². The van der Waals surface area contributed by atoms with Crippen LogP contribution in [-0.2, 0) is 11.8 Å². The van der Waals surface area contributed by atoms with Crippen LogP contribution in [0.2, 0.25) is 0 Å². The lowest BCUT2D eigenvalue weighted by molar-refractivity contribution is -0.111. The largest absolute Gasteiger partial charge is 0.398 e. The van der Waals surface area contributed by atoms with Crippen molar-refractivity contribution >= 4 is 72.1 Å². The molecule has 2 heterocycles. The molecule has 0 saturated heterocycles. The molecule has 0 aliphatic rings. The van der Waals surface area contributed by atoms with Gasteiger partial charge in [-0.2, -0.15) is 5.10 Å². The fraction of sp³-hybridized carbons (Fsp3) is 0.120. The molecular formula is C25H22BrFN6O2S. The van der Waals surface area contributed by atoms with Gasteiger partial charge in [0.05, 0.1) is 10.6 Å². The Balaban J connectivity index is 1.66. The number of halogens is 2. The molecule has 0 unspecified atom stereocenters. The zero-order valence-electron chi connectivity index (χ0n) is 19.6. The molecule has 184 valence electrons. The Labute approximate surface area is 218 Å². The van der Waals surface area contributed by atoms with Crippen LogP contribution in [0.25, 0.3) is 15.8 Å². The first kappa shape index (κ1) is 25.3. The van der Waals surface area contributed by atoms with Crippen molar-refractivity contribution in [3.63, 3.8) is 0 Å². The van der Waals surface area contributed by atoms with E-state index >= 15 is 0 Å². The Morgan fingerprint density at radius 3 is 2.58 bits per heavy atom. The molecule has 36 heavy (non-hydrogen) atoms. The van der Waals surface area contributed by atoms with Crippen molar-refractivity contribution < 1.29 is 14.0 Å². The number of benzene rings is 2. The Bertz CT molecular complexity index is 1570. The van der Waals surface area contributed by atoms with E-state index in [0.717, 1.165) is 20.3 Å². The molecule has 4 aromatic rings. The molecule has 0 spiro atoms. The lowest BCUT2D eigenvalue weighted by atomic mass is 10.0. The first-order valence-electron chi connectivity index (χ1n) is 10.7. The van der Waals surface area contributed by atoms with Crippen LogP contribution in [0.1, 0.15) is 26.5 Å². The SMILES string of the molecule is Cc1c(C(N)=CC(=Nc2cc(C)n(C)n2)C(N)=O)ccc(F)c1NC(=O)c1cc2ccc(Br)cc2s1. The van der Waals surface area contributed by atoms with Gasteiger partial charge in [0, 0.05) is 39.2 Å². The van der Waals surface area contributed by atoms with E-state index in [2.05, 4.69) is 31.3 Å². The van der Waals surface area contributed by atoms with E-state index in [-0.39, 0.29) is 17.1 Å². The molecule has 4 rings (SSSR count). The molecule has 8 nitrogen and oxygen atoms in total. The van der Waals surface area contributed by atoms with E-state index in [1.54, 1.807) is 30.8 Å². The fourth-order valence-electron chi connectivity index (χ4n) is 3.54. The van der Waals surface area contributed by atoms with Crippen molar-refractivity contribution in [1.82, 2.24) is 9.78 Å². The highest BCUT2D eigenvalue weighted by Crippen LogP contribution is 2.31. The number of thiophene rings is 1. The summed E-state index contributed by atoms with van der Waals surface area (Å²) in [4.78, 5) is 29.6. The minimum atomic E-state index is -0.800. The van der Waals surface area contributed by atoms with Gasteiger partial charge in [-0.3, -0.25) is 14.3 Å². The van der Waals surface area contributed by atoms with Crippen LogP contribution in [0.5, 0.6) is 0 Å². The number of aliphatic imine (C=N–C) groups is 1. The van der Waals surface area contributed by atoms with Crippen LogP contribution in [0, 0.1) is 19.7 Å². The maximum Gasteiger partial charge on any atom is 0.267 e. The molecule has 2 aromatic carbocycles. The number of carbonyl (C=O) groups excluding carboxylic acids is 2. The van der Waals surface area contributed by atoms with E-state index < -0.39 is 17.6 Å². The van der Waals surface area contributed by atoms with E-state index in [1.807, 2.05) is 25.1 Å². The first-order chi connectivity index (χ1) is 17.0. The highest BCUT2D eigenvalue weighted by Gasteiger charge is 2.18. The highest BCUT2D eigenvalue weighted by molar-refractivity contribution is 9.10. The number of amides is 2. The van der Waals surface area contributed by atoms with Crippen molar-refractivity contribution in [2.45, 2.75) is 13.8 Å². The van der Waals surface area contributed by atoms with Crippen molar-refractivity contribution in [2.75, 3.05) is 5.32 Å². The number of nitrogens with zero attached hydrogens (tertiary/aromatic N) is 3. The van der Waals surface area contributed by atoms with Gasteiger partial charge in [-0.1, -0.05) is 22.0 Å². The van der Waals surface area contributed by atoms with Gasteiger partial charge in [-0.15, -0.1) is 11.3 Å². The Morgan fingerprint density at radius 1 is 1.17 bits per heavy atom. The predicted octanol–water partition coefficient (Wildman–Crippen LogP) is 4.96. The van der Waals surface area contributed by atoms with E-state index in [9.17, 15) is 14.0 Å². The van der Waals surface area contributed by atoms with E-state index in [1.165, 1.54) is 29.5 Å². The molecule has 0 aliphatic carbocycles. The second kappa shape index (κ2) is 10.0. The summed E-state index contributed by atoms with van der Waals surface area (Å²) in [5.74, 6) is -1.56. The summed E-state index contributed by atoms with van der Waals surface area (Å²) in [5.41, 5.74) is 13.4. The molecule has 0 aliphatic heterocycles.